The van der Waals surface area contributed by atoms with E-state index in [2.05, 4.69) is 0 Å². The Morgan fingerprint density at radius 3 is 2.48 bits per heavy atom. The number of furan rings is 1. The molecule has 0 aliphatic heterocycles. The molecule has 5 heteroatoms. The summed E-state index contributed by atoms with van der Waals surface area (Å²) >= 11 is 0. The largest absolute Gasteiger partial charge is 0.494 e. The first-order chi connectivity index (χ1) is 11.1. The van der Waals surface area contributed by atoms with Gasteiger partial charge in [0.25, 0.3) is 0 Å². The third-order valence-electron chi connectivity index (χ3n) is 3.49. The number of nitrogens with zero attached hydrogens (tertiary/aromatic N) is 2. The molecule has 124 valence electrons. The van der Waals surface area contributed by atoms with Crippen molar-refractivity contribution in [2.75, 3.05) is 27.2 Å². The average molecular weight is 316 g/mol. The lowest BCUT2D eigenvalue weighted by molar-refractivity contribution is -0.131. The standard InChI is InChI=1S/C18H24N2O3/c1-4-22-16-9-7-15(8-10-16)12-19(2)14-18(21)20(3)13-17-6-5-11-23-17/h5-11H,4,12-14H2,1-3H3. The van der Waals surface area contributed by atoms with Gasteiger partial charge in [-0.05, 0) is 43.8 Å². The number of benzene rings is 1. The van der Waals surface area contributed by atoms with E-state index in [1.165, 1.54) is 0 Å². The summed E-state index contributed by atoms with van der Waals surface area (Å²) in [7, 11) is 3.73. The van der Waals surface area contributed by atoms with Crippen LogP contribution in [0.2, 0.25) is 0 Å². The summed E-state index contributed by atoms with van der Waals surface area (Å²) in [6.07, 6.45) is 1.62. The topological polar surface area (TPSA) is 45.9 Å². The first-order valence-corrected chi connectivity index (χ1v) is 7.75. The van der Waals surface area contributed by atoms with Crippen molar-refractivity contribution in [2.45, 2.75) is 20.0 Å². The SMILES string of the molecule is CCOc1ccc(CN(C)CC(=O)N(C)Cc2ccco2)cc1. The zero-order chi connectivity index (χ0) is 16.7. The van der Waals surface area contributed by atoms with Crippen LogP contribution in [-0.2, 0) is 17.9 Å². The third-order valence-corrected chi connectivity index (χ3v) is 3.49. The van der Waals surface area contributed by atoms with Crippen LogP contribution in [0.4, 0.5) is 0 Å². The minimum absolute atomic E-state index is 0.0647. The smallest absolute Gasteiger partial charge is 0.236 e. The van der Waals surface area contributed by atoms with Gasteiger partial charge in [0.05, 0.1) is 26.0 Å². The number of ether oxygens (including phenoxy) is 1. The monoisotopic (exact) mass is 316 g/mol. The van der Waals surface area contributed by atoms with Crippen molar-refractivity contribution in [3.05, 3.63) is 54.0 Å². The van der Waals surface area contributed by atoms with Gasteiger partial charge in [0.1, 0.15) is 11.5 Å². The molecule has 0 radical (unpaired) electrons. The third kappa shape index (κ3) is 5.45. The molecule has 0 saturated heterocycles. The van der Waals surface area contributed by atoms with Crippen LogP contribution in [0, 0.1) is 0 Å². The van der Waals surface area contributed by atoms with E-state index in [9.17, 15) is 4.79 Å². The molecule has 0 unspecified atom stereocenters. The maximum Gasteiger partial charge on any atom is 0.236 e. The molecule has 0 aliphatic carbocycles. The number of carbonyl (C=O) groups excluding carboxylic acids is 1. The number of rotatable bonds is 8. The number of carbonyl (C=O) groups is 1. The number of likely N-dealkylation sites (N-methyl/N-ethyl adjacent to an activating group) is 2. The Hall–Kier alpha value is -2.27. The van der Waals surface area contributed by atoms with E-state index in [0.29, 0.717) is 26.2 Å². The van der Waals surface area contributed by atoms with Crippen molar-refractivity contribution in [3.63, 3.8) is 0 Å². The molecule has 0 atom stereocenters. The highest BCUT2D eigenvalue weighted by molar-refractivity contribution is 5.77. The van der Waals surface area contributed by atoms with Gasteiger partial charge < -0.3 is 14.1 Å². The Morgan fingerprint density at radius 1 is 1.13 bits per heavy atom. The molecule has 0 bridgehead atoms. The van der Waals surface area contributed by atoms with Crippen LogP contribution in [-0.4, -0.2) is 43.0 Å². The Balaban J connectivity index is 1.81. The summed E-state index contributed by atoms with van der Waals surface area (Å²) in [5, 5.41) is 0. The van der Waals surface area contributed by atoms with Crippen molar-refractivity contribution in [2.24, 2.45) is 0 Å². The summed E-state index contributed by atoms with van der Waals surface area (Å²) in [6, 6.07) is 11.7. The van der Waals surface area contributed by atoms with Gasteiger partial charge in [-0.1, -0.05) is 12.1 Å². The van der Waals surface area contributed by atoms with Gasteiger partial charge in [-0.3, -0.25) is 9.69 Å². The van der Waals surface area contributed by atoms with Crippen LogP contribution in [0.15, 0.2) is 47.1 Å². The number of hydrogen-bond donors (Lipinski definition) is 0. The summed E-state index contributed by atoms with van der Waals surface area (Å²) in [5.74, 6) is 1.72. The Bertz CT molecular complexity index is 593. The minimum atomic E-state index is 0.0647. The molecule has 2 rings (SSSR count). The van der Waals surface area contributed by atoms with Gasteiger partial charge in [-0.15, -0.1) is 0 Å². The molecule has 0 fully saturated rings. The van der Waals surface area contributed by atoms with Gasteiger partial charge in [0, 0.05) is 13.6 Å². The summed E-state index contributed by atoms with van der Waals surface area (Å²) in [4.78, 5) is 15.9. The van der Waals surface area contributed by atoms with E-state index in [-0.39, 0.29) is 5.91 Å². The summed E-state index contributed by atoms with van der Waals surface area (Å²) in [6.45, 7) is 4.20. The van der Waals surface area contributed by atoms with Crippen LogP contribution in [0.25, 0.3) is 0 Å². The number of amides is 1. The lowest BCUT2D eigenvalue weighted by Gasteiger charge is -2.21. The summed E-state index contributed by atoms with van der Waals surface area (Å²) < 4.78 is 10.7. The molecule has 2 aromatic rings. The van der Waals surface area contributed by atoms with Crippen LogP contribution in [0.5, 0.6) is 5.75 Å². The van der Waals surface area contributed by atoms with Gasteiger partial charge in [-0.2, -0.15) is 0 Å². The second kappa shape index (κ2) is 8.39. The molecule has 0 N–H and O–H groups in total. The van der Waals surface area contributed by atoms with Crippen molar-refractivity contribution >= 4 is 5.91 Å². The van der Waals surface area contributed by atoms with Gasteiger partial charge >= 0.3 is 0 Å². The van der Waals surface area contributed by atoms with Gasteiger partial charge in [0.2, 0.25) is 5.91 Å². The van der Waals surface area contributed by atoms with Crippen LogP contribution < -0.4 is 4.74 Å². The molecule has 1 aromatic heterocycles. The number of hydrogen-bond acceptors (Lipinski definition) is 4. The quantitative estimate of drug-likeness (QED) is 0.751. The molecule has 0 aliphatic rings. The molecule has 5 nitrogen and oxygen atoms in total. The van der Waals surface area contributed by atoms with E-state index in [1.54, 1.807) is 18.2 Å². The molecular formula is C18H24N2O3. The van der Waals surface area contributed by atoms with Crippen molar-refractivity contribution in [3.8, 4) is 5.75 Å². The van der Waals surface area contributed by atoms with Crippen LogP contribution in [0.1, 0.15) is 18.2 Å². The normalized spacial score (nSPS) is 10.8. The summed E-state index contributed by atoms with van der Waals surface area (Å²) in [5.41, 5.74) is 1.15. The van der Waals surface area contributed by atoms with Crippen molar-refractivity contribution < 1.29 is 13.9 Å². The maximum atomic E-state index is 12.2. The first-order valence-electron chi connectivity index (χ1n) is 7.75. The molecule has 23 heavy (non-hydrogen) atoms. The molecule has 1 heterocycles. The van der Waals surface area contributed by atoms with Gasteiger partial charge in [0.15, 0.2) is 0 Å². The molecule has 1 amide bonds. The van der Waals surface area contributed by atoms with Crippen molar-refractivity contribution in [1.82, 2.24) is 9.80 Å². The first kappa shape index (κ1) is 17.1. The minimum Gasteiger partial charge on any atom is -0.494 e. The highest BCUT2D eigenvalue weighted by Crippen LogP contribution is 2.13. The van der Waals surface area contributed by atoms with Crippen LogP contribution >= 0.6 is 0 Å². The predicted octanol–water partition coefficient (Wildman–Crippen LogP) is 2.77. The second-order valence-corrected chi connectivity index (χ2v) is 5.58. The van der Waals surface area contributed by atoms with E-state index in [4.69, 9.17) is 9.15 Å². The zero-order valence-corrected chi connectivity index (χ0v) is 14.0. The van der Waals surface area contributed by atoms with Crippen LogP contribution in [0.3, 0.4) is 0 Å². The molecular weight excluding hydrogens is 292 g/mol. The highest BCUT2D eigenvalue weighted by atomic mass is 16.5. The lowest BCUT2D eigenvalue weighted by Crippen LogP contribution is -2.35. The van der Waals surface area contributed by atoms with E-state index < -0.39 is 0 Å². The fourth-order valence-electron chi connectivity index (χ4n) is 2.30. The Morgan fingerprint density at radius 2 is 1.87 bits per heavy atom. The van der Waals surface area contributed by atoms with E-state index in [0.717, 1.165) is 17.1 Å². The average Bonchev–Trinajstić information content (AvgIpc) is 3.02. The zero-order valence-electron chi connectivity index (χ0n) is 14.0. The lowest BCUT2D eigenvalue weighted by atomic mass is 10.2. The predicted molar refractivity (Wildman–Crippen MR) is 89.1 cm³/mol. The van der Waals surface area contributed by atoms with E-state index >= 15 is 0 Å². The van der Waals surface area contributed by atoms with E-state index in [1.807, 2.05) is 55.3 Å². The molecule has 1 aromatic carbocycles. The van der Waals surface area contributed by atoms with Crippen molar-refractivity contribution in [1.29, 1.82) is 0 Å². The second-order valence-electron chi connectivity index (χ2n) is 5.58. The van der Waals surface area contributed by atoms with Gasteiger partial charge in [-0.25, -0.2) is 0 Å². The fourth-order valence-corrected chi connectivity index (χ4v) is 2.30. The molecule has 0 saturated carbocycles. The maximum absolute atomic E-state index is 12.2. The fraction of sp³-hybridized carbons (Fsp3) is 0.389. The Kier molecular flexibility index (Phi) is 6.23. The Labute approximate surface area is 137 Å². The molecule has 0 spiro atoms. The highest BCUT2D eigenvalue weighted by Gasteiger charge is 2.13.